The van der Waals surface area contributed by atoms with E-state index in [2.05, 4.69) is 67.6 Å². The summed E-state index contributed by atoms with van der Waals surface area (Å²) in [6.45, 7) is 4.67. The first-order valence-electron chi connectivity index (χ1n) is 14.0. The zero-order valence-corrected chi connectivity index (χ0v) is 23.3. The van der Waals surface area contributed by atoms with Crippen LogP contribution < -0.4 is 11.1 Å². The molecule has 5 aromatic rings. The lowest BCUT2D eigenvalue weighted by Gasteiger charge is -2.32. The molecule has 0 bridgehead atoms. The van der Waals surface area contributed by atoms with E-state index in [0.717, 1.165) is 65.9 Å². The molecule has 42 heavy (non-hydrogen) atoms. The van der Waals surface area contributed by atoms with Crippen molar-refractivity contribution < 1.29 is 4.79 Å². The van der Waals surface area contributed by atoms with Crippen molar-refractivity contribution in [2.75, 3.05) is 18.4 Å². The average molecular weight is 555 g/mol. The number of hydrogen-bond donors (Lipinski definition) is 2. The molecule has 3 N–H and O–H groups in total. The molecule has 1 amide bonds. The molecular weight excluding hydrogens is 524 g/mol. The summed E-state index contributed by atoms with van der Waals surface area (Å²) >= 11 is 0. The van der Waals surface area contributed by atoms with Crippen LogP contribution in [0.1, 0.15) is 40.4 Å². The van der Waals surface area contributed by atoms with Crippen LogP contribution in [0.4, 0.5) is 5.82 Å². The topological polar surface area (TPSA) is 134 Å². The van der Waals surface area contributed by atoms with E-state index in [4.69, 9.17) is 16.0 Å². The van der Waals surface area contributed by atoms with Gasteiger partial charge in [-0.1, -0.05) is 54.6 Å². The summed E-state index contributed by atoms with van der Waals surface area (Å²) < 4.78 is 0. The number of aryl methyl sites for hydroxylation is 1. The number of fused-ring (bicyclic) bond motifs is 1. The molecule has 9 nitrogen and oxygen atoms in total. The fourth-order valence-corrected chi connectivity index (χ4v) is 5.48. The lowest BCUT2D eigenvalue weighted by molar-refractivity contribution is 0.0995. The first-order valence-corrected chi connectivity index (χ1v) is 14.0. The summed E-state index contributed by atoms with van der Waals surface area (Å²) in [5.74, 6) is 0.310. The number of nitriles is 1. The first-order chi connectivity index (χ1) is 20.5. The quantitative estimate of drug-likeness (QED) is 0.284. The monoisotopic (exact) mass is 554 g/mol. The summed E-state index contributed by atoms with van der Waals surface area (Å²) in [6, 6.07) is 26.6. The van der Waals surface area contributed by atoms with Crippen molar-refractivity contribution in [3.05, 3.63) is 102 Å². The van der Waals surface area contributed by atoms with Gasteiger partial charge in [0.1, 0.15) is 17.6 Å². The van der Waals surface area contributed by atoms with E-state index >= 15 is 0 Å². The molecule has 1 saturated heterocycles. The Morgan fingerprint density at radius 2 is 1.76 bits per heavy atom. The number of aromatic nitrogens is 4. The number of anilines is 1. The highest BCUT2D eigenvalue weighted by atomic mass is 16.1. The zero-order valence-electron chi connectivity index (χ0n) is 23.3. The minimum atomic E-state index is -0.568. The predicted molar refractivity (Wildman–Crippen MR) is 162 cm³/mol. The van der Waals surface area contributed by atoms with Gasteiger partial charge in [0.05, 0.1) is 11.2 Å². The summed E-state index contributed by atoms with van der Waals surface area (Å²) in [5, 5.41) is 13.4. The Balaban J connectivity index is 1.20. The number of pyridine rings is 2. The number of likely N-dealkylation sites (tertiary alicyclic amines) is 1. The van der Waals surface area contributed by atoms with Gasteiger partial charge in [-0.15, -0.1) is 0 Å². The molecule has 0 atom stereocenters. The highest BCUT2D eigenvalue weighted by molar-refractivity contribution is 5.98. The van der Waals surface area contributed by atoms with Gasteiger partial charge in [0.2, 0.25) is 5.82 Å². The number of hydrogen-bond acceptors (Lipinski definition) is 8. The van der Waals surface area contributed by atoms with Crippen molar-refractivity contribution in [1.29, 1.82) is 5.26 Å². The van der Waals surface area contributed by atoms with E-state index in [1.807, 2.05) is 31.2 Å². The summed E-state index contributed by atoms with van der Waals surface area (Å²) in [6.07, 6.45) is 3.60. The Morgan fingerprint density at radius 1 is 1.00 bits per heavy atom. The van der Waals surface area contributed by atoms with E-state index in [1.165, 1.54) is 5.56 Å². The van der Waals surface area contributed by atoms with Crippen LogP contribution in [0.15, 0.2) is 79.0 Å². The molecule has 0 saturated carbocycles. The summed E-state index contributed by atoms with van der Waals surface area (Å²) in [5.41, 5.74) is 12.3. The Hall–Kier alpha value is -5.20. The van der Waals surface area contributed by atoms with Gasteiger partial charge in [-0.25, -0.2) is 19.9 Å². The van der Waals surface area contributed by atoms with Gasteiger partial charge in [0, 0.05) is 54.1 Å². The summed E-state index contributed by atoms with van der Waals surface area (Å²) in [4.78, 5) is 31.9. The second-order valence-corrected chi connectivity index (χ2v) is 10.5. The molecule has 9 heteroatoms. The van der Waals surface area contributed by atoms with Crippen LogP contribution in [-0.2, 0) is 6.54 Å². The Morgan fingerprint density at radius 3 is 2.48 bits per heavy atom. The van der Waals surface area contributed by atoms with Gasteiger partial charge in [0.25, 0.3) is 5.91 Å². The molecular formula is C33H30N8O. The third-order valence-electron chi connectivity index (χ3n) is 7.67. The van der Waals surface area contributed by atoms with Crippen molar-refractivity contribution >= 4 is 22.6 Å². The highest BCUT2D eigenvalue weighted by Gasteiger charge is 2.20. The number of carbonyl (C=O) groups excluding carboxylic acids is 1. The van der Waals surface area contributed by atoms with Gasteiger partial charge in [-0.3, -0.25) is 9.69 Å². The molecule has 1 aliphatic heterocycles. The van der Waals surface area contributed by atoms with E-state index < -0.39 is 5.91 Å². The number of nitrogens with one attached hydrogen (secondary N) is 1. The maximum Gasteiger partial charge on any atom is 0.267 e. The smallest absolute Gasteiger partial charge is 0.267 e. The molecule has 0 spiro atoms. The minimum Gasteiger partial charge on any atom is -0.367 e. The van der Waals surface area contributed by atoms with E-state index in [9.17, 15) is 4.79 Å². The normalized spacial score (nSPS) is 14.0. The van der Waals surface area contributed by atoms with Gasteiger partial charge >= 0.3 is 0 Å². The van der Waals surface area contributed by atoms with Crippen molar-refractivity contribution in [1.82, 2.24) is 24.8 Å². The molecule has 208 valence electrons. The standard InChI is InChI=1S/C33H30N8O/c1-21-26-17-27(23-5-3-2-4-6-23)32(39-28(26)18-29(37-21)33(35)42)24-9-7-22(8-10-24)20-41-15-12-25(13-16-41)38-30-11-14-36-31(19-34)40-30/h2-11,14,17-18,25H,12-13,15-16,20H2,1H3,(H2,35,42)(H,36,38,40). The number of nitrogens with two attached hydrogens (primary N) is 1. The molecule has 0 aliphatic carbocycles. The van der Waals surface area contributed by atoms with Crippen LogP contribution in [0.5, 0.6) is 0 Å². The van der Waals surface area contributed by atoms with Crippen LogP contribution in [0.2, 0.25) is 0 Å². The molecule has 3 aromatic heterocycles. The predicted octanol–water partition coefficient (Wildman–Crippen LogP) is 5.11. The van der Waals surface area contributed by atoms with E-state index in [1.54, 1.807) is 18.3 Å². The number of primary amides is 1. The van der Waals surface area contributed by atoms with Crippen molar-refractivity contribution in [2.24, 2.45) is 5.73 Å². The van der Waals surface area contributed by atoms with Crippen molar-refractivity contribution in [3.8, 4) is 28.5 Å². The third kappa shape index (κ3) is 5.80. The second kappa shape index (κ2) is 11.7. The molecule has 2 aromatic carbocycles. The fourth-order valence-electron chi connectivity index (χ4n) is 5.48. The molecule has 0 unspecified atom stereocenters. The lowest BCUT2D eigenvalue weighted by atomic mass is 9.96. The molecule has 1 fully saturated rings. The van der Waals surface area contributed by atoms with Gasteiger partial charge in [-0.2, -0.15) is 5.26 Å². The van der Waals surface area contributed by atoms with Gasteiger partial charge in [-0.05, 0) is 49.1 Å². The third-order valence-corrected chi connectivity index (χ3v) is 7.67. The largest absolute Gasteiger partial charge is 0.367 e. The zero-order chi connectivity index (χ0) is 29.1. The lowest BCUT2D eigenvalue weighted by Crippen LogP contribution is -2.38. The van der Waals surface area contributed by atoms with Crippen molar-refractivity contribution in [3.63, 3.8) is 0 Å². The van der Waals surface area contributed by atoms with Gasteiger partial charge in [0.15, 0.2) is 0 Å². The molecule has 4 heterocycles. The van der Waals surface area contributed by atoms with Crippen molar-refractivity contribution in [2.45, 2.75) is 32.4 Å². The number of rotatable bonds is 7. The van der Waals surface area contributed by atoms with Crippen LogP contribution in [0.3, 0.4) is 0 Å². The average Bonchev–Trinajstić information content (AvgIpc) is 3.02. The maximum absolute atomic E-state index is 11.9. The first kappa shape index (κ1) is 27.0. The van der Waals surface area contributed by atoms with Gasteiger partial charge < -0.3 is 11.1 Å². The maximum atomic E-state index is 11.9. The Kier molecular flexibility index (Phi) is 7.54. The fraction of sp³-hybridized carbons (Fsp3) is 0.212. The van der Waals surface area contributed by atoms with Crippen LogP contribution in [0, 0.1) is 18.3 Å². The van der Waals surface area contributed by atoms with Crippen LogP contribution in [0.25, 0.3) is 33.3 Å². The number of nitrogens with zero attached hydrogens (tertiary/aromatic N) is 6. The summed E-state index contributed by atoms with van der Waals surface area (Å²) in [7, 11) is 0. The Bertz CT molecular complexity index is 1790. The van der Waals surface area contributed by atoms with Crippen LogP contribution in [-0.4, -0.2) is 49.9 Å². The number of amides is 1. The van der Waals surface area contributed by atoms with Crippen LogP contribution >= 0.6 is 0 Å². The van der Waals surface area contributed by atoms with E-state index in [0.29, 0.717) is 17.4 Å². The number of piperidine rings is 1. The molecule has 6 rings (SSSR count). The Labute approximate surface area is 244 Å². The number of benzene rings is 2. The molecule has 1 aliphatic rings. The SMILES string of the molecule is Cc1nc(C(N)=O)cc2nc(-c3ccc(CN4CCC(Nc5ccnc(C#N)n5)CC4)cc3)c(-c3ccccc3)cc12. The highest BCUT2D eigenvalue weighted by Crippen LogP contribution is 2.34. The minimum absolute atomic E-state index is 0.179. The second-order valence-electron chi connectivity index (χ2n) is 10.5. The van der Waals surface area contributed by atoms with E-state index in [-0.39, 0.29) is 11.5 Å². The molecule has 0 radical (unpaired) electrons. The number of carbonyl (C=O) groups is 1.